The summed E-state index contributed by atoms with van der Waals surface area (Å²) >= 11 is 0. The monoisotopic (exact) mass is 547 g/mol. The van der Waals surface area contributed by atoms with E-state index in [2.05, 4.69) is 19.2 Å². The van der Waals surface area contributed by atoms with Crippen LogP contribution < -0.4 is 40.0 Å². The predicted octanol–water partition coefficient (Wildman–Crippen LogP) is 0.255. The number of aliphatic carboxylic acids is 1. The molecule has 39 heavy (non-hydrogen) atoms. The molecular weight excluding hydrogens is 515 g/mol. The van der Waals surface area contributed by atoms with E-state index in [4.69, 9.17) is 4.99 Å². The summed E-state index contributed by atoms with van der Waals surface area (Å²) in [5.41, 5.74) is 0.348. The molecule has 202 valence electrons. The minimum atomic E-state index is -1.24. The number of benzene rings is 2. The van der Waals surface area contributed by atoms with Crippen molar-refractivity contribution in [2.24, 2.45) is 16.8 Å². The number of aliphatic imine (C=N–C) groups is 1. The molecule has 2 aliphatic rings. The fraction of sp³-hybridized carbons (Fsp3) is 0.448. The van der Waals surface area contributed by atoms with E-state index in [1.807, 2.05) is 0 Å². The first-order valence-electron chi connectivity index (χ1n) is 13.0. The van der Waals surface area contributed by atoms with E-state index >= 15 is 0 Å². The Morgan fingerprint density at radius 1 is 1.13 bits per heavy atom. The Morgan fingerprint density at radius 2 is 1.79 bits per heavy atom. The second-order valence-corrected chi connectivity index (χ2v) is 10.4. The summed E-state index contributed by atoms with van der Waals surface area (Å²) in [7, 11) is 0. The Labute approximate surface area is 249 Å². The molecule has 0 radical (unpaired) electrons. The molecule has 1 aliphatic heterocycles. The van der Waals surface area contributed by atoms with E-state index in [0.717, 1.165) is 24.5 Å². The van der Waals surface area contributed by atoms with Gasteiger partial charge < -0.3 is 20.1 Å². The molecule has 2 amide bonds. The molecule has 10 heteroatoms. The van der Waals surface area contributed by atoms with Crippen molar-refractivity contribution in [3.63, 3.8) is 0 Å². The van der Waals surface area contributed by atoms with Gasteiger partial charge in [-0.3, -0.25) is 14.6 Å². The average Bonchev–Trinajstić information content (AvgIpc) is 3.15. The number of nitrogens with zero attached hydrogens (tertiary/aromatic N) is 2. The molecule has 1 aliphatic carbocycles. The summed E-state index contributed by atoms with van der Waals surface area (Å²) in [4.78, 5) is 42.8. The fourth-order valence-electron chi connectivity index (χ4n) is 5.40. The number of hydrogen-bond acceptors (Lipinski definition) is 5. The Bertz CT molecular complexity index is 1240. The first-order chi connectivity index (χ1) is 18.1. The van der Waals surface area contributed by atoms with Crippen LogP contribution in [0.1, 0.15) is 67.4 Å². The summed E-state index contributed by atoms with van der Waals surface area (Å²) in [6.07, 6.45) is 3.33. The molecule has 1 heterocycles. The van der Waals surface area contributed by atoms with Crippen LogP contribution in [0.15, 0.2) is 47.5 Å². The number of nitrogens with one attached hydrogen (secondary N) is 1. The van der Waals surface area contributed by atoms with Gasteiger partial charge in [-0.2, -0.15) is 0 Å². The third-order valence-electron chi connectivity index (χ3n) is 7.71. The topological polar surface area (TPSA) is 102 Å². The van der Waals surface area contributed by atoms with Gasteiger partial charge in [0.15, 0.2) is 11.6 Å². The zero-order valence-corrected chi connectivity index (χ0v) is 24.6. The van der Waals surface area contributed by atoms with Gasteiger partial charge in [0.05, 0.1) is 0 Å². The molecule has 0 saturated heterocycles. The number of carboxylic acid groups (broad SMARTS) is 1. The van der Waals surface area contributed by atoms with Crippen LogP contribution in [0.4, 0.5) is 8.78 Å². The largest absolute Gasteiger partial charge is 1.00 e. The summed E-state index contributed by atoms with van der Waals surface area (Å²) < 4.78 is 28.6. The van der Waals surface area contributed by atoms with E-state index < -0.39 is 29.2 Å². The number of carbonyl (C=O) groups excluding carboxylic acids is 3. The summed E-state index contributed by atoms with van der Waals surface area (Å²) in [6, 6.07) is 10.6. The maximum atomic E-state index is 14.7. The van der Waals surface area contributed by atoms with Crippen LogP contribution in [0.25, 0.3) is 0 Å². The van der Waals surface area contributed by atoms with Crippen molar-refractivity contribution >= 4 is 23.5 Å². The zero-order chi connectivity index (χ0) is 27.4. The van der Waals surface area contributed by atoms with Crippen LogP contribution in [0.2, 0.25) is 0 Å². The molecule has 0 bridgehead atoms. The minimum absolute atomic E-state index is 0. The van der Waals surface area contributed by atoms with Crippen LogP contribution in [0, 0.1) is 23.5 Å². The van der Waals surface area contributed by atoms with Gasteiger partial charge in [-0.25, -0.2) is 8.78 Å². The normalized spacial score (nSPS) is 20.6. The van der Waals surface area contributed by atoms with Gasteiger partial charge >= 0.3 is 29.6 Å². The van der Waals surface area contributed by atoms with Gasteiger partial charge in [0.25, 0.3) is 11.8 Å². The number of halogens is 2. The van der Waals surface area contributed by atoms with Gasteiger partial charge in [-0.1, -0.05) is 32.0 Å². The molecule has 0 unspecified atom stereocenters. The van der Waals surface area contributed by atoms with Crippen LogP contribution in [0.3, 0.4) is 0 Å². The number of carboxylic acids is 1. The van der Waals surface area contributed by atoms with Gasteiger partial charge in [0, 0.05) is 36.6 Å². The number of amides is 2. The maximum Gasteiger partial charge on any atom is 1.00 e. The molecule has 0 aromatic heterocycles. The molecule has 2 aromatic rings. The Kier molecular flexibility index (Phi) is 10.4. The van der Waals surface area contributed by atoms with Crippen LogP contribution in [-0.4, -0.2) is 47.1 Å². The molecular formula is C29H32F2N3NaO4. The quantitative estimate of drug-likeness (QED) is 0.455. The Morgan fingerprint density at radius 3 is 2.41 bits per heavy atom. The van der Waals surface area contributed by atoms with Crippen LogP contribution in [0.5, 0.6) is 0 Å². The molecule has 1 fully saturated rings. The molecule has 2 aromatic carbocycles. The Hall–Kier alpha value is -2.62. The molecule has 1 N–H and O–H groups in total. The van der Waals surface area contributed by atoms with Gasteiger partial charge in [0.1, 0.15) is 11.4 Å². The summed E-state index contributed by atoms with van der Waals surface area (Å²) in [6.45, 7) is 4.69. The van der Waals surface area contributed by atoms with Crippen molar-refractivity contribution < 1.29 is 57.8 Å². The standard InChI is InChI=1S/C29H33F2N3O4.Na/c1-18(2)20-10-14-29(15-11-20)33-26(22-4-3-5-23(30)25(22)31)28(38)34(29)17-13-19-6-8-21(9-7-19)27(37)32-16-12-24(35)36;/h3-9,18,20H,10-17H2,1-2H3,(H,32,37)(H,35,36);/q;+1/p-1. The van der Waals surface area contributed by atoms with E-state index in [0.29, 0.717) is 43.2 Å². The van der Waals surface area contributed by atoms with E-state index in [1.165, 1.54) is 12.1 Å². The molecule has 7 nitrogen and oxygen atoms in total. The first-order valence-corrected chi connectivity index (χ1v) is 13.0. The fourth-order valence-corrected chi connectivity index (χ4v) is 5.40. The van der Waals surface area contributed by atoms with Crippen molar-refractivity contribution in [1.82, 2.24) is 10.2 Å². The third-order valence-corrected chi connectivity index (χ3v) is 7.71. The van der Waals surface area contributed by atoms with Crippen LogP contribution in [-0.2, 0) is 16.0 Å². The number of hydrogen-bond donors (Lipinski definition) is 1. The predicted molar refractivity (Wildman–Crippen MR) is 136 cm³/mol. The second kappa shape index (κ2) is 13.2. The maximum absolute atomic E-state index is 14.7. The zero-order valence-electron chi connectivity index (χ0n) is 22.6. The average molecular weight is 548 g/mol. The number of carbonyl (C=O) groups is 3. The van der Waals surface area contributed by atoms with E-state index in [9.17, 15) is 28.3 Å². The molecule has 4 rings (SSSR count). The number of rotatable bonds is 9. The third kappa shape index (κ3) is 6.94. The van der Waals surface area contributed by atoms with Gasteiger partial charge in [0.2, 0.25) is 0 Å². The summed E-state index contributed by atoms with van der Waals surface area (Å²) in [5.74, 6) is -3.07. The SMILES string of the molecule is CC(C)C1CCC2(CC1)N=C(c1cccc(F)c1F)C(=O)N2CCc1ccc(C(=O)NCCC(=O)[O-])cc1.[Na+]. The van der Waals surface area contributed by atoms with E-state index in [-0.39, 0.29) is 59.7 Å². The van der Waals surface area contributed by atoms with Crippen molar-refractivity contribution in [2.45, 2.75) is 58.0 Å². The van der Waals surface area contributed by atoms with Crippen molar-refractivity contribution in [3.8, 4) is 0 Å². The van der Waals surface area contributed by atoms with Crippen LogP contribution >= 0.6 is 0 Å². The first kappa shape index (κ1) is 30.9. The minimum Gasteiger partial charge on any atom is -0.550 e. The molecule has 1 saturated carbocycles. The van der Waals surface area contributed by atoms with Crippen molar-refractivity contribution in [2.75, 3.05) is 13.1 Å². The van der Waals surface area contributed by atoms with E-state index in [1.54, 1.807) is 29.2 Å². The van der Waals surface area contributed by atoms with Gasteiger partial charge in [-0.15, -0.1) is 0 Å². The molecule has 1 spiro atoms. The summed E-state index contributed by atoms with van der Waals surface area (Å²) in [5, 5.41) is 13.0. The van der Waals surface area contributed by atoms with Gasteiger partial charge in [-0.05, 0) is 73.8 Å². The van der Waals surface area contributed by atoms with Crippen molar-refractivity contribution in [3.05, 3.63) is 70.8 Å². The van der Waals surface area contributed by atoms with Crippen molar-refractivity contribution in [1.29, 1.82) is 0 Å². The molecule has 0 atom stereocenters. The second-order valence-electron chi connectivity index (χ2n) is 10.4. The smallest absolute Gasteiger partial charge is 0.550 e. The Balaban J connectivity index is 0.00000420.